The molecule has 0 aromatic carbocycles. The lowest BCUT2D eigenvalue weighted by atomic mass is 10.1. The van der Waals surface area contributed by atoms with Crippen LogP contribution in [0, 0.1) is 11.7 Å². The average molecular weight is 297 g/mol. The van der Waals surface area contributed by atoms with Crippen LogP contribution in [0.25, 0.3) is 0 Å². The molecule has 18 heavy (non-hydrogen) atoms. The van der Waals surface area contributed by atoms with Gasteiger partial charge in [-0.25, -0.2) is 13.2 Å². The summed E-state index contributed by atoms with van der Waals surface area (Å²) < 4.78 is 36.4. The quantitative estimate of drug-likeness (QED) is 0.763. The monoisotopic (exact) mass is 296 g/mol. The van der Waals surface area contributed by atoms with E-state index in [-0.39, 0.29) is 24.0 Å². The Kier molecular flexibility index (Phi) is 3.33. The van der Waals surface area contributed by atoms with Gasteiger partial charge in [0.15, 0.2) is 15.0 Å². The lowest BCUT2D eigenvalue weighted by Crippen LogP contribution is -2.39. The van der Waals surface area contributed by atoms with Crippen molar-refractivity contribution in [2.75, 3.05) is 11.5 Å². The van der Waals surface area contributed by atoms with Gasteiger partial charge in [-0.2, -0.15) is 4.39 Å². The molecule has 0 bridgehead atoms. The Morgan fingerprint density at radius 3 is 2.67 bits per heavy atom. The van der Waals surface area contributed by atoms with E-state index in [2.05, 4.69) is 0 Å². The van der Waals surface area contributed by atoms with Gasteiger partial charge in [0.2, 0.25) is 5.82 Å². The fraction of sp³-hybridized carbons (Fsp3) is 0.556. The van der Waals surface area contributed by atoms with Gasteiger partial charge in [-0.1, -0.05) is 11.6 Å². The van der Waals surface area contributed by atoms with Crippen molar-refractivity contribution in [1.29, 1.82) is 0 Å². The van der Waals surface area contributed by atoms with Gasteiger partial charge in [-0.15, -0.1) is 0 Å². The molecular formula is C9H10ClFN2O4S. The summed E-state index contributed by atoms with van der Waals surface area (Å²) in [5.41, 5.74) is -1.97. The third-order valence-corrected chi connectivity index (χ3v) is 4.95. The molecule has 0 amide bonds. The highest BCUT2D eigenvalue weighted by Gasteiger charge is 2.29. The fourth-order valence-corrected chi connectivity index (χ4v) is 3.97. The molecule has 1 saturated heterocycles. The summed E-state index contributed by atoms with van der Waals surface area (Å²) in [4.78, 5) is 25.0. The van der Waals surface area contributed by atoms with Crippen molar-refractivity contribution in [2.45, 2.75) is 13.0 Å². The van der Waals surface area contributed by atoms with E-state index in [4.69, 9.17) is 11.6 Å². The lowest BCUT2D eigenvalue weighted by Gasteiger charge is -2.09. The van der Waals surface area contributed by atoms with Crippen molar-refractivity contribution in [3.8, 4) is 0 Å². The van der Waals surface area contributed by atoms with Crippen LogP contribution in [0.3, 0.4) is 0 Å². The predicted molar refractivity (Wildman–Crippen MR) is 63.1 cm³/mol. The van der Waals surface area contributed by atoms with E-state index in [1.54, 1.807) is 0 Å². The number of aromatic nitrogens is 2. The summed E-state index contributed by atoms with van der Waals surface area (Å²) in [6.07, 6.45) is 0.360. The molecule has 0 saturated carbocycles. The molecule has 1 atom stereocenters. The minimum atomic E-state index is -3.11. The maximum absolute atomic E-state index is 13.2. The number of nitrogens with zero attached hydrogens (tertiary/aromatic N) is 1. The van der Waals surface area contributed by atoms with E-state index >= 15 is 0 Å². The zero-order valence-corrected chi connectivity index (χ0v) is 10.7. The number of nitrogens with one attached hydrogen (secondary N) is 1. The van der Waals surface area contributed by atoms with Crippen molar-refractivity contribution in [1.82, 2.24) is 9.55 Å². The third kappa shape index (κ3) is 2.49. The molecule has 1 aliphatic rings. The topological polar surface area (TPSA) is 89.0 Å². The SMILES string of the molecule is O=c1[nH]c(Cl)c(F)c(=O)n1CC1CCS(=O)(=O)C1. The largest absolute Gasteiger partial charge is 0.329 e. The first-order valence-electron chi connectivity index (χ1n) is 5.19. The summed E-state index contributed by atoms with van der Waals surface area (Å²) in [5, 5.41) is -0.639. The summed E-state index contributed by atoms with van der Waals surface area (Å²) in [6.45, 7) is -0.124. The van der Waals surface area contributed by atoms with Crippen molar-refractivity contribution < 1.29 is 12.8 Å². The number of hydrogen-bond acceptors (Lipinski definition) is 4. The molecule has 1 fully saturated rings. The van der Waals surface area contributed by atoms with Crippen LogP contribution in [-0.4, -0.2) is 29.5 Å². The maximum Gasteiger partial charge on any atom is 0.329 e. The molecule has 6 nitrogen and oxygen atoms in total. The van der Waals surface area contributed by atoms with Crippen molar-refractivity contribution in [2.24, 2.45) is 5.92 Å². The van der Waals surface area contributed by atoms with Gasteiger partial charge in [0.25, 0.3) is 5.56 Å². The summed E-state index contributed by atoms with van der Waals surface area (Å²) in [6, 6.07) is 0. The Morgan fingerprint density at radius 2 is 2.11 bits per heavy atom. The van der Waals surface area contributed by atoms with Gasteiger partial charge < -0.3 is 0 Å². The van der Waals surface area contributed by atoms with Gasteiger partial charge in [0.05, 0.1) is 11.5 Å². The maximum atomic E-state index is 13.2. The second kappa shape index (κ2) is 4.51. The number of rotatable bonds is 2. The van der Waals surface area contributed by atoms with Gasteiger partial charge in [-0.05, 0) is 12.3 Å². The minimum Gasteiger partial charge on any atom is -0.295 e. The van der Waals surface area contributed by atoms with Gasteiger partial charge in [0.1, 0.15) is 0 Å². The first-order valence-corrected chi connectivity index (χ1v) is 7.38. The number of aromatic amines is 1. The Hall–Kier alpha value is -1.15. The van der Waals surface area contributed by atoms with Crippen LogP contribution in [0.2, 0.25) is 5.15 Å². The minimum absolute atomic E-state index is 0.0282. The van der Waals surface area contributed by atoms with Crippen molar-refractivity contribution >= 4 is 21.4 Å². The highest BCUT2D eigenvalue weighted by molar-refractivity contribution is 7.91. The van der Waals surface area contributed by atoms with E-state index in [1.165, 1.54) is 0 Å². The molecule has 0 radical (unpaired) electrons. The van der Waals surface area contributed by atoms with Crippen LogP contribution < -0.4 is 11.2 Å². The fourth-order valence-electron chi connectivity index (χ4n) is 1.96. The number of H-pyrrole nitrogens is 1. The number of hydrogen-bond donors (Lipinski definition) is 1. The summed E-state index contributed by atoms with van der Waals surface area (Å²) in [5.74, 6) is -1.66. The second-order valence-electron chi connectivity index (χ2n) is 4.24. The second-order valence-corrected chi connectivity index (χ2v) is 6.85. The van der Waals surface area contributed by atoms with Crippen LogP contribution in [0.15, 0.2) is 9.59 Å². The van der Waals surface area contributed by atoms with Crippen LogP contribution in [0.4, 0.5) is 4.39 Å². The van der Waals surface area contributed by atoms with Crippen molar-refractivity contribution in [3.05, 3.63) is 31.8 Å². The van der Waals surface area contributed by atoms with E-state index in [1.807, 2.05) is 4.98 Å². The zero-order chi connectivity index (χ0) is 13.5. The predicted octanol–water partition coefficient (Wildman–Crippen LogP) is -0.236. The molecule has 0 spiro atoms. The van der Waals surface area contributed by atoms with Crippen LogP contribution in [0.5, 0.6) is 0 Å². The van der Waals surface area contributed by atoms with E-state index in [0.29, 0.717) is 11.0 Å². The van der Waals surface area contributed by atoms with Crippen LogP contribution in [-0.2, 0) is 16.4 Å². The molecule has 9 heteroatoms. The molecule has 1 unspecified atom stereocenters. The van der Waals surface area contributed by atoms with Crippen LogP contribution in [0.1, 0.15) is 6.42 Å². The van der Waals surface area contributed by atoms with Crippen molar-refractivity contribution in [3.63, 3.8) is 0 Å². The summed E-state index contributed by atoms with van der Waals surface area (Å²) in [7, 11) is -3.11. The highest BCUT2D eigenvalue weighted by Crippen LogP contribution is 2.19. The van der Waals surface area contributed by atoms with Gasteiger partial charge >= 0.3 is 5.69 Å². The smallest absolute Gasteiger partial charge is 0.295 e. The summed E-state index contributed by atoms with van der Waals surface area (Å²) >= 11 is 5.31. The third-order valence-electron chi connectivity index (χ3n) is 2.85. The Morgan fingerprint density at radius 1 is 1.44 bits per heavy atom. The molecule has 0 aliphatic carbocycles. The Labute approximate surface area is 106 Å². The standard InChI is InChI=1S/C9H10ClFN2O4S/c10-7-6(11)8(14)13(9(15)12-7)3-5-1-2-18(16,17)4-5/h5H,1-4H2,(H,12,15). The van der Waals surface area contributed by atoms with E-state index in [0.717, 1.165) is 0 Å². The lowest BCUT2D eigenvalue weighted by molar-refractivity contribution is 0.447. The molecule has 1 aromatic heterocycles. The molecule has 2 rings (SSSR count). The first-order chi connectivity index (χ1) is 8.30. The number of sulfone groups is 1. The molecule has 2 heterocycles. The Balaban J connectivity index is 2.34. The normalized spacial score (nSPS) is 22.2. The molecule has 1 aromatic rings. The first kappa shape index (κ1) is 13.3. The Bertz CT molecular complexity index is 693. The molecule has 1 N–H and O–H groups in total. The average Bonchev–Trinajstić information content (AvgIpc) is 2.61. The highest BCUT2D eigenvalue weighted by atomic mass is 35.5. The molecular weight excluding hydrogens is 287 g/mol. The van der Waals surface area contributed by atoms with E-state index in [9.17, 15) is 22.4 Å². The van der Waals surface area contributed by atoms with Gasteiger partial charge in [-0.3, -0.25) is 14.3 Å². The molecule has 100 valence electrons. The van der Waals surface area contributed by atoms with Gasteiger partial charge in [0, 0.05) is 6.54 Å². The zero-order valence-electron chi connectivity index (χ0n) is 9.15. The molecule has 1 aliphatic heterocycles. The number of halogens is 2. The van der Waals surface area contributed by atoms with E-state index < -0.39 is 32.1 Å². The van der Waals surface area contributed by atoms with Crippen LogP contribution >= 0.6 is 11.6 Å².